The summed E-state index contributed by atoms with van der Waals surface area (Å²) in [7, 11) is -4.06. The number of carboxylic acids is 1. The Balaban J connectivity index is 3.22. The van der Waals surface area contributed by atoms with Crippen LogP contribution in [-0.4, -0.2) is 35.7 Å². The molecule has 0 radical (unpaired) electrons. The molecule has 0 saturated heterocycles. The van der Waals surface area contributed by atoms with Crippen molar-refractivity contribution in [2.45, 2.75) is 43.7 Å². The monoisotopic (exact) mass is 369 g/mol. The highest BCUT2D eigenvalue weighted by Gasteiger charge is 2.40. The van der Waals surface area contributed by atoms with Gasteiger partial charge in [0.15, 0.2) is 4.67 Å². The number of rotatable bonds is 5. The predicted octanol–water partition coefficient (Wildman–Crippen LogP) is 1.57. The number of furan rings is 1. The minimum atomic E-state index is -4.06. The molecule has 1 aromatic rings. The van der Waals surface area contributed by atoms with Gasteiger partial charge in [-0.15, -0.1) is 0 Å². The van der Waals surface area contributed by atoms with Gasteiger partial charge in [-0.25, -0.2) is 17.9 Å². The third-order valence-electron chi connectivity index (χ3n) is 3.07. The molecule has 1 heterocycles. The van der Waals surface area contributed by atoms with Gasteiger partial charge >= 0.3 is 5.97 Å². The summed E-state index contributed by atoms with van der Waals surface area (Å²) < 4.78 is 31.4. The molecule has 0 atom stereocenters. The van der Waals surface area contributed by atoms with Gasteiger partial charge < -0.3 is 14.6 Å². The summed E-state index contributed by atoms with van der Waals surface area (Å²) in [5.41, 5.74) is -2.50. The summed E-state index contributed by atoms with van der Waals surface area (Å²) in [5.74, 6) is -1.88. The highest BCUT2D eigenvalue weighted by atomic mass is 79.9. The molecular weight excluding hydrogens is 354 g/mol. The van der Waals surface area contributed by atoms with Crippen molar-refractivity contribution in [3.8, 4) is 0 Å². The summed E-state index contributed by atoms with van der Waals surface area (Å²) in [6.07, 6.45) is 0. The van der Waals surface area contributed by atoms with Gasteiger partial charge in [-0.3, -0.25) is 0 Å². The third-order valence-corrected chi connectivity index (χ3v) is 5.59. The average Bonchev–Trinajstić information content (AvgIpc) is 2.57. The number of aromatic carboxylic acids is 1. The Bertz CT molecular complexity index is 626. The minimum absolute atomic E-state index is 0.214. The second-order valence-corrected chi connectivity index (χ2v) is 7.71. The van der Waals surface area contributed by atoms with Gasteiger partial charge in [-0.2, -0.15) is 0 Å². The Kier molecular flexibility index (Phi) is 4.41. The SMILES string of the molecule is CC(C)(O)C(C)(C)NS(=O)(=O)c1cc(C(=O)O)oc1Br. The third kappa shape index (κ3) is 3.40. The molecule has 0 aliphatic rings. The van der Waals surface area contributed by atoms with Crippen molar-refractivity contribution in [2.24, 2.45) is 0 Å². The van der Waals surface area contributed by atoms with E-state index in [4.69, 9.17) is 9.52 Å². The summed E-state index contributed by atoms with van der Waals surface area (Å²) in [4.78, 5) is 10.4. The minimum Gasteiger partial charge on any atom is -0.475 e. The number of nitrogens with one attached hydrogen (secondary N) is 1. The molecule has 0 unspecified atom stereocenters. The normalized spacial score (nSPS) is 13.5. The number of halogens is 1. The number of carboxylic acid groups (broad SMARTS) is 1. The molecule has 0 saturated carbocycles. The summed E-state index contributed by atoms with van der Waals surface area (Å²) in [6, 6.07) is 0.898. The lowest BCUT2D eigenvalue weighted by molar-refractivity contribution is 0.00637. The Morgan fingerprint density at radius 2 is 1.85 bits per heavy atom. The van der Waals surface area contributed by atoms with E-state index in [1.54, 1.807) is 0 Å². The molecule has 0 fully saturated rings. The maximum atomic E-state index is 12.2. The van der Waals surface area contributed by atoms with Gasteiger partial charge in [0, 0.05) is 6.07 Å². The van der Waals surface area contributed by atoms with Crippen LogP contribution in [0.4, 0.5) is 0 Å². The van der Waals surface area contributed by atoms with Crippen LogP contribution in [-0.2, 0) is 10.0 Å². The fraction of sp³-hybridized carbons (Fsp3) is 0.545. The number of carbonyl (C=O) groups is 1. The predicted molar refractivity (Wildman–Crippen MR) is 74.1 cm³/mol. The number of aliphatic hydroxyl groups is 1. The van der Waals surface area contributed by atoms with E-state index in [-0.39, 0.29) is 9.56 Å². The molecule has 9 heteroatoms. The van der Waals surface area contributed by atoms with Crippen molar-refractivity contribution < 1.29 is 27.8 Å². The summed E-state index contributed by atoms with van der Waals surface area (Å²) in [5, 5.41) is 18.7. The van der Waals surface area contributed by atoms with Crippen LogP contribution >= 0.6 is 15.9 Å². The second kappa shape index (κ2) is 5.14. The zero-order chi connectivity index (χ0) is 15.9. The quantitative estimate of drug-likeness (QED) is 0.724. The molecule has 1 rings (SSSR count). The van der Waals surface area contributed by atoms with E-state index in [2.05, 4.69) is 20.7 Å². The van der Waals surface area contributed by atoms with Crippen LogP contribution in [0.1, 0.15) is 38.2 Å². The fourth-order valence-electron chi connectivity index (χ4n) is 1.16. The molecule has 0 amide bonds. The van der Waals surface area contributed by atoms with Crippen molar-refractivity contribution in [2.75, 3.05) is 0 Å². The smallest absolute Gasteiger partial charge is 0.371 e. The highest BCUT2D eigenvalue weighted by molar-refractivity contribution is 9.10. The first kappa shape index (κ1) is 17.2. The summed E-state index contributed by atoms with van der Waals surface area (Å²) >= 11 is 2.87. The molecule has 0 spiro atoms. The van der Waals surface area contributed by atoms with Gasteiger partial charge in [0.1, 0.15) is 4.90 Å². The Morgan fingerprint density at radius 3 is 2.20 bits per heavy atom. The molecule has 1 aromatic heterocycles. The fourth-order valence-corrected chi connectivity index (χ4v) is 3.63. The maximum Gasteiger partial charge on any atom is 0.371 e. The van der Waals surface area contributed by atoms with Crippen molar-refractivity contribution in [1.82, 2.24) is 4.72 Å². The van der Waals surface area contributed by atoms with Crippen molar-refractivity contribution in [1.29, 1.82) is 0 Å². The highest BCUT2D eigenvalue weighted by Crippen LogP contribution is 2.29. The first-order valence-corrected chi connectivity index (χ1v) is 7.84. The van der Waals surface area contributed by atoms with Crippen molar-refractivity contribution >= 4 is 31.9 Å². The van der Waals surface area contributed by atoms with Gasteiger partial charge in [0.25, 0.3) is 0 Å². The first-order chi connectivity index (χ1) is 8.78. The molecule has 0 aromatic carbocycles. The number of hydrogen-bond acceptors (Lipinski definition) is 5. The maximum absolute atomic E-state index is 12.2. The lowest BCUT2D eigenvalue weighted by Crippen LogP contribution is -2.57. The van der Waals surface area contributed by atoms with Crippen LogP contribution in [0.25, 0.3) is 0 Å². The van der Waals surface area contributed by atoms with E-state index in [1.807, 2.05) is 0 Å². The Hall–Kier alpha value is -0.900. The molecular formula is C11H16BrNO6S. The van der Waals surface area contributed by atoms with Gasteiger partial charge in [0.2, 0.25) is 15.8 Å². The van der Waals surface area contributed by atoms with E-state index >= 15 is 0 Å². The van der Waals surface area contributed by atoms with Crippen LogP contribution in [0.3, 0.4) is 0 Å². The van der Waals surface area contributed by atoms with E-state index in [0.29, 0.717) is 0 Å². The Labute approximate surface area is 125 Å². The standard InChI is InChI=1S/C11H16BrNO6S/c1-10(2,11(3,4)16)13-20(17,18)7-5-6(9(14)15)19-8(7)12/h5,13,16H,1-4H3,(H,14,15). The van der Waals surface area contributed by atoms with Crippen LogP contribution in [0.5, 0.6) is 0 Å². The van der Waals surface area contributed by atoms with Gasteiger partial charge in [-0.05, 0) is 43.6 Å². The van der Waals surface area contributed by atoms with Crippen LogP contribution in [0.15, 0.2) is 20.0 Å². The van der Waals surface area contributed by atoms with E-state index in [9.17, 15) is 18.3 Å². The average molecular weight is 370 g/mol. The number of hydrogen-bond donors (Lipinski definition) is 3. The van der Waals surface area contributed by atoms with Crippen molar-refractivity contribution in [3.63, 3.8) is 0 Å². The van der Waals surface area contributed by atoms with Crippen molar-refractivity contribution in [3.05, 3.63) is 16.5 Å². The Morgan fingerprint density at radius 1 is 1.35 bits per heavy atom. The van der Waals surface area contributed by atoms with Crippen LogP contribution in [0.2, 0.25) is 0 Å². The zero-order valence-corrected chi connectivity index (χ0v) is 13.8. The lowest BCUT2D eigenvalue weighted by atomic mass is 9.87. The van der Waals surface area contributed by atoms with E-state index in [1.165, 1.54) is 27.7 Å². The molecule has 20 heavy (non-hydrogen) atoms. The summed E-state index contributed by atoms with van der Waals surface area (Å²) in [6.45, 7) is 5.94. The molecule has 7 nitrogen and oxygen atoms in total. The van der Waals surface area contributed by atoms with Crippen LogP contribution < -0.4 is 4.72 Å². The molecule has 0 aliphatic carbocycles. The van der Waals surface area contributed by atoms with E-state index in [0.717, 1.165) is 6.07 Å². The van der Waals surface area contributed by atoms with E-state index < -0.39 is 32.9 Å². The molecule has 3 N–H and O–H groups in total. The second-order valence-electron chi connectivity index (χ2n) is 5.34. The topological polar surface area (TPSA) is 117 Å². The lowest BCUT2D eigenvalue weighted by Gasteiger charge is -2.37. The zero-order valence-electron chi connectivity index (χ0n) is 11.4. The first-order valence-electron chi connectivity index (χ1n) is 5.57. The molecule has 114 valence electrons. The van der Waals surface area contributed by atoms with Crippen LogP contribution in [0, 0.1) is 0 Å². The van der Waals surface area contributed by atoms with Gasteiger partial charge in [-0.1, -0.05) is 0 Å². The largest absolute Gasteiger partial charge is 0.475 e. The molecule has 0 bridgehead atoms. The van der Waals surface area contributed by atoms with Gasteiger partial charge in [0.05, 0.1) is 11.1 Å². The molecule has 0 aliphatic heterocycles. The number of sulfonamides is 1.